The van der Waals surface area contributed by atoms with E-state index in [-0.39, 0.29) is 0 Å². The van der Waals surface area contributed by atoms with Crippen molar-refractivity contribution in [2.75, 3.05) is 0 Å². The van der Waals surface area contributed by atoms with Crippen molar-refractivity contribution in [3.63, 3.8) is 0 Å². The van der Waals surface area contributed by atoms with Gasteiger partial charge < -0.3 is 0 Å². The normalized spacial score (nSPS) is 10.9. The van der Waals surface area contributed by atoms with Crippen molar-refractivity contribution in [3.05, 3.63) is 21.2 Å². The van der Waals surface area contributed by atoms with E-state index in [2.05, 4.69) is 46.9 Å². The van der Waals surface area contributed by atoms with Crippen LogP contribution in [-0.2, 0) is 0 Å². The maximum Gasteiger partial charge on any atom is 0.189 e. The maximum absolute atomic E-state index is 4.19. The van der Waals surface area contributed by atoms with Crippen molar-refractivity contribution in [1.82, 2.24) is 19.6 Å². The molecule has 0 radical (unpaired) electrons. The average molecular weight is 292 g/mol. The molecule has 2 aromatic rings. The maximum atomic E-state index is 4.19. The standard InChI is InChI=1S/C6H4Br2N4/c1-3-10-6-5(8)9-2-4(7)12(6)11-3/h2H,1H3. The number of halogens is 2. The molecule has 4 nitrogen and oxygen atoms in total. The van der Waals surface area contributed by atoms with Crippen molar-refractivity contribution in [2.45, 2.75) is 6.92 Å². The average Bonchev–Trinajstić information content (AvgIpc) is 2.41. The molecule has 0 N–H and O–H groups in total. The van der Waals surface area contributed by atoms with E-state index in [0.29, 0.717) is 4.60 Å². The Morgan fingerprint density at radius 3 is 2.83 bits per heavy atom. The summed E-state index contributed by atoms with van der Waals surface area (Å²) in [5, 5.41) is 4.16. The summed E-state index contributed by atoms with van der Waals surface area (Å²) < 4.78 is 3.18. The third kappa shape index (κ3) is 1.15. The van der Waals surface area contributed by atoms with Crippen LogP contribution in [0.1, 0.15) is 5.82 Å². The first-order chi connectivity index (χ1) is 5.68. The molecular formula is C6H4Br2N4. The summed E-state index contributed by atoms with van der Waals surface area (Å²) in [5.74, 6) is 0.726. The first-order valence-corrected chi connectivity index (χ1v) is 4.80. The van der Waals surface area contributed by atoms with Gasteiger partial charge in [-0.1, -0.05) is 0 Å². The zero-order chi connectivity index (χ0) is 8.72. The Labute approximate surface area is 85.3 Å². The Morgan fingerprint density at radius 1 is 1.42 bits per heavy atom. The summed E-state index contributed by atoms with van der Waals surface area (Å²) in [7, 11) is 0. The fourth-order valence-electron chi connectivity index (χ4n) is 0.920. The van der Waals surface area contributed by atoms with Crippen LogP contribution in [0.15, 0.2) is 15.4 Å². The zero-order valence-electron chi connectivity index (χ0n) is 6.12. The molecule has 12 heavy (non-hydrogen) atoms. The van der Waals surface area contributed by atoms with E-state index in [1.54, 1.807) is 10.7 Å². The van der Waals surface area contributed by atoms with Crippen molar-refractivity contribution in [2.24, 2.45) is 0 Å². The molecule has 0 aromatic carbocycles. The fourth-order valence-corrected chi connectivity index (χ4v) is 1.63. The number of aryl methyl sites for hydroxylation is 1. The van der Waals surface area contributed by atoms with E-state index in [1.165, 1.54) is 0 Å². The van der Waals surface area contributed by atoms with E-state index in [9.17, 15) is 0 Å². The van der Waals surface area contributed by atoms with Crippen molar-refractivity contribution < 1.29 is 0 Å². The monoisotopic (exact) mass is 290 g/mol. The molecule has 2 aromatic heterocycles. The van der Waals surface area contributed by atoms with Gasteiger partial charge in [-0.05, 0) is 38.8 Å². The van der Waals surface area contributed by atoms with Crippen LogP contribution >= 0.6 is 31.9 Å². The van der Waals surface area contributed by atoms with Crippen LogP contribution in [0.5, 0.6) is 0 Å². The molecular weight excluding hydrogens is 288 g/mol. The largest absolute Gasteiger partial charge is 0.243 e. The first kappa shape index (κ1) is 8.12. The third-order valence-electron chi connectivity index (χ3n) is 1.38. The smallest absolute Gasteiger partial charge is 0.189 e. The second kappa shape index (κ2) is 2.77. The second-order valence-electron chi connectivity index (χ2n) is 2.27. The lowest BCUT2D eigenvalue weighted by Crippen LogP contribution is -1.92. The topological polar surface area (TPSA) is 43.1 Å². The van der Waals surface area contributed by atoms with E-state index in [1.807, 2.05) is 6.92 Å². The van der Waals surface area contributed by atoms with Gasteiger partial charge in [-0.2, -0.15) is 5.10 Å². The van der Waals surface area contributed by atoms with Gasteiger partial charge in [-0.25, -0.2) is 14.5 Å². The number of aromatic nitrogens is 4. The summed E-state index contributed by atoms with van der Waals surface area (Å²) in [6.07, 6.45) is 1.67. The van der Waals surface area contributed by atoms with Crippen LogP contribution in [0.2, 0.25) is 0 Å². The predicted molar refractivity (Wildman–Crippen MR) is 50.9 cm³/mol. The lowest BCUT2D eigenvalue weighted by Gasteiger charge is -1.94. The minimum Gasteiger partial charge on any atom is -0.243 e. The van der Waals surface area contributed by atoms with E-state index >= 15 is 0 Å². The molecule has 0 saturated heterocycles. The van der Waals surface area contributed by atoms with E-state index in [0.717, 1.165) is 16.1 Å². The van der Waals surface area contributed by atoms with Gasteiger partial charge in [0.25, 0.3) is 0 Å². The Hall–Kier alpha value is -0.490. The van der Waals surface area contributed by atoms with Crippen LogP contribution in [0.4, 0.5) is 0 Å². The minimum absolute atomic E-state index is 0.700. The number of nitrogens with zero attached hydrogens (tertiary/aromatic N) is 4. The lowest BCUT2D eigenvalue weighted by molar-refractivity contribution is 0.893. The van der Waals surface area contributed by atoms with Gasteiger partial charge in [0, 0.05) is 0 Å². The van der Waals surface area contributed by atoms with Crippen molar-refractivity contribution in [3.8, 4) is 0 Å². The van der Waals surface area contributed by atoms with Crippen LogP contribution in [0.3, 0.4) is 0 Å². The SMILES string of the molecule is Cc1nc2c(Br)ncc(Br)n2n1. The molecule has 0 bridgehead atoms. The van der Waals surface area contributed by atoms with E-state index < -0.39 is 0 Å². The summed E-state index contributed by atoms with van der Waals surface area (Å²) in [4.78, 5) is 8.25. The Bertz CT molecular complexity index is 397. The quantitative estimate of drug-likeness (QED) is 0.745. The highest BCUT2D eigenvalue weighted by Crippen LogP contribution is 2.17. The first-order valence-electron chi connectivity index (χ1n) is 3.22. The summed E-state index contributed by atoms with van der Waals surface area (Å²) >= 11 is 6.61. The number of hydrogen-bond acceptors (Lipinski definition) is 3. The molecule has 2 rings (SSSR count). The molecule has 0 aliphatic rings. The van der Waals surface area contributed by atoms with Gasteiger partial charge in [0.1, 0.15) is 10.4 Å². The van der Waals surface area contributed by atoms with Crippen LogP contribution in [-0.4, -0.2) is 19.6 Å². The molecule has 0 spiro atoms. The van der Waals surface area contributed by atoms with Crippen LogP contribution in [0, 0.1) is 6.92 Å². The number of fused-ring (bicyclic) bond motifs is 1. The molecule has 6 heteroatoms. The van der Waals surface area contributed by atoms with Gasteiger partial charge in [-0.3, -0.25) is 0 Å². The molecule has 2 heterocycles. The van der Waals surface area contributed by atoms with Gasteiger partial charge >= 0.3 is 0 Å². The molecule has 0 fully saturated rings. The van der Waals surface area contributed by atoms with Crippen molar-refractivity contribution in [1.29, 1.82) is 0 Å². The summed E-state index contributed by atoms with van der Waals surface area (Å²) in [5.41, 5.74) is 0.724. The zero-order valence-corrected chi connectivity index (χ0v) is 9.29. The molecule has 62 valence electrons. The van der Waals surface area contributed by atoms with Gasteiger partial charge in [0.2, 0.25) is 0 Å². The molecule has 0 saturated carbocycles. The summed E-state index contributed by atoms with van der Waals surface area (Å²) in [6.45, 7) is 1.84. The highest BCUT2D eigenvalue weighted by molar-refractivity contribution is 9.11. The van der Waals surface area contributed by atoms with Gasteiger partial charge in [0.05, 0.1) is 6.20 Å². The predicted octanol–water partition coefficient (Wildman–Crippen LogP) is 1.96. The molecule has 0 aliphatic heterocycles. The number of hydrogen-bond donors (Lipinski definition) is 0. The lowest BCUT2D eigenvalue weighted by atomic mass is 10.7. The Balaban J connectivity index is 2.93. The summed E-state index contributed by atoms with van der Waals surface area (Å²) in [6, 6.07) is 0. The minimum atomic E-state index is 0.700. The van der Waals surface area contributed by atoms with Crippen molar-refractivity contribution >= 4 is 37.5 Å². The van der Waals surface area contributed by atoms with Gasteiger partial charge in [-0.15, -0.1) is 0 Å². The van der Waals surface area contributed by atoms with Gasteiger partial charge in [0.15, 0.2) is 10.3 Å². The molecule has 0 aliphatic carbocycles. The van der Waals surface area contributed by atoms with E-state index in [4.69, 9.17) is 0 Å². The van der Waals surface area contributed by atoms with Crippen LogP contribution in [0.25, 0.3) is 5.65 Å². The second-order valence-corrected chi connectivity index (χ2v) is 3.83. The molecule has 0 unspecified atom stereocenters. The number of rotatable bonds is 0. The third-order valence-corrected chi connectivity index (χ3v) is 2.48. The molecule has 0 amide bonds. The van der Waals surface area contributed by atoms with Crippen LogP contribution < -0.4 is 0 Å². The Morgan fingerprint density at radius 2 is 2.17 bits per heavy atom. The highest BCUT2D eigenvalue weighted by atomic mass is 79.9. The fraction of sp³-hybridized carbons (Fsp3) is 0.167. The highest BCUT2D eigenvalue weighted by Gasteiger charge is 2.06. The Kier molecular flexibility index (Phi) is 1.88. The molecule has 0 atom stereocenters.